The summed E-state index contributed by atoms with van der Waals surface area (Å²) in [6.07, 6.45) is 5.72. The fraction of sp³-hybridized carbons (Fsp3) is 0.429. The number of nitrogens with one attached hydrogen (secondary N) is 1. The SMILES string of the molecule is N[C@@H]1CCCC[C@H]1Nc1ncnc2ccc([N+](=O)[O-])cc12. The predicted molar refractivity (Wildman–Crippen MR) is 80.0 cm³/mol. The number of non-ortho nitro benzene ring substituents is 1. The van der Waals surface area contributed by atoms with Gasteiger partial charge >= 0.3 is 0 Å². The van der Waals surface area contributed by atoms with Crippen molar-refractivity contribution in [3.8, 4) is 0 Å². The van der Waals surface area contributed by atoms with Crippen LogP contribution < -0.4 is 11.1 Å². The van der Waals surface area contributed by atoms with E-state index in [0.717, 1.165) is 25.7 Å². The minimum Gasteiger partial charge on any atom is -0.365 e. The third-order valence-electron chi connectivity index (χ3n) is 3.97. The number of hydrogen-bond donors (Lipinski definition) is 2. The molecule has 7 heteroatoms. The average Bonchev–Trinajstić information content (AvgIpc) is 2.49. The van der Waals surface area contributed by atoms with Crippen molar-refractivity contribution in [1.82, 2.24) is 9.97 Å². The van der Waals surface area contributed by atoms with E-state index >= 15 is 0 Å². The number of anilines is 1. The van der Waals surface area contributed by atoms with Gasteiger partial charge in [-0.1, -0.05) is 12.8 Å². The van der Waals surface area contributed by atoms with Gasteiger partial charge in [-0.3, -0.25) is 10.1 Å². The van der Waals surface area contributed by atoms with Gasteiger partial charge in [0.05, 0.1) is 10.4 Å². The molecule has 21 heavy (non-hydrogen) atoms. The van der Waals surface area contributed by atoms with Crippen LogP contribution in [-0.2, 0) is 0 Å². The van der Waals surface area contributed by atoms with Crippen molar-refractivity contribution in [2.75, 3.05) is 5.32 Å². The first-order valence-electron chi connectivity index (χ1n) is 7.06. The normalized spacial score (nSPS) is 22.1. The van der Waals surface area contributed by atoms with Gasteiger partial charge in [0.1, 0.15) is 12.1 Å². The lowest BCUT2D eigenvalue weighted by molar-refractivity contribution is -0.384. The van der Waals surface area contributed by atoms with Gasteiger partial charge < -0.3 is 11.1 Å². The Kier molecular flexibility index (Phi) is 3.66. The van der Waals surface area contributed by atoms with Gasteiger partial charge in [0, 0.05) is 29.6 Å². The van der Waals surface area contributed by atoms with Gasteiger partial charge in [0.15, 0.2) is 0 Å². The Morgan fingerprint density at radius 3 is 2.86 bits per heavy atom. The monoisotopic (exact) mass is 287 g/mol. The molecule has 0 unspecified atom stereocenters. The number of aromatic nitrogens is 2. The summed E-state index contributed by atoms with van der Waals surface area (Å²) in [5.41, 5.74) is 6.85. The number of hydrogen-bond acceptors (Lipinski definition) is 6. The number of nitro groups is 1. The van der Waals surface area contributed by atoms with Crippen molar-refractivity contribution in [2.24, 2.45) is 5.73 Å². The van der Waals surface area contributed by atoms with Crippen molar-refractivity contribution in [3.05, 3.63) is 34.6 Å². The second-order valence-electron chi connectivity index (χ2n) is 5.38. The van der Waals surface area contributed by atoms with Crippen LogP contribution in [0.2, 0.25) is 0 Å². The molecule has 0 saturated heterocycles. The van der Waals surface area contributed by atoms with Crippen LogP contribution in [0.25, 0.3) is 10.9 Å². The third kappa shape index (κ3) is 2.78. The number of benzene rings is 1. The lowest BCUT2D eigenvalue weighted by Crippen LogP contribution is -2.42. The van der Waals surface area contributed by atoms with Crippen LogP contribution in [0.15, 0.2) is 24.5 Å². The lowest BCUT2D eigenvalue weighted by Gasteiger charge is -2.29. The van der Waals surface area contributed by atoms with Gasteiger partial charge in [-0.15, -0.1) is 0 Å². The summed E-state index contributed by atoms with van der Waals surface area (Å²) in [4.78, 5) is 18.9. The highest BCUT2D eigenvalue weighted by Crippen LogP contribution is 2.27. The third-order valence-corrected chi connectivity index (χ3v) is 3.97. The molecule has 1 fully saturated rings. The molecule has 2 aromatic rings. The largest absolute Gasteiger partial charge is 0.365 e. The molecule has 1 aromatic heterocycles. The van der Waals surface area contributed by atoms with E-state index in [1.165, 1.54) is 18.5 Å². The molecule has 1 heterocycles. The maximum Gasteiger partial charge on any atom is 0.270 e. The van der Waals surface area contributed by atoms with Crippen molar-refractivity contribution in [2.45, 2.75) is 37.8 Å². The first-order valence-corrected chi connectivity index (χ1v) is 7.06. The molecule has 2 atom stereocenters. The topological polar surface area (TPSA) is 107 Å². The molecule has 1 saturated carbocycles. The fourth-order valence-electron chi connectivity index (χ4n) is 2.79. The Morgan fingerprint density at radius 1 is 1.29 bits per heavy atom. The Hall–Kier alpha value is -2.28. The number of fused-ring (bicyclic) bond motifs is 1. The highest BCUT2D eigenvalue weighted by Gasteiger charge is 2.22. The fourth-order valence-corrected chi connectivity index (χ4v) is 2.79. The molecule has 0 amide bonds. The summed E-state index contributed by atoms with van der Waals surface area (Å²) in [5.74, 6) is 0.617. The molecule has 3 rings (SSSR count). The van der Waals surface area contributed by atoms with Crippen LogP contribution in [-0.4, -0.2) is 27.0 Å². The zero-order valence-electron chi connectivity index (χ0n) is 11.5. The number of nitrogens with zero attached hydrogens (tertiary/aromatic N) is 3. The maximum atomic E-state index is 10.9. The van der Waals surface area contributed by atoms with Crippen molar-refractivity contribution in [3.63, 3.8) is 0 Å². The lowest BCUT2D eigenvalue weighted by atomic mass is 9.91. The molecule has 3 N–H and O–H groups in total. The molecule has 0 bridgehead atoms. The standard InChI is InChI=1S/C14H17N5O2/c15-11-3-1-2-4-13(11)18-14-10-7-9(19(20)21)5-6-12(10)16-8-17-14/h5-8,11,13H,1-4,15H2,(H,16,17,18)/t11-,13-/m1/s1. The minimum atomic E-state index is -0.414. The average molecular weight is 287 g/mol. The smallest absolute Gasteiger partial charge is 0.270 e. The zero-order chi connectivity index (χ0) is 14.8. The molecule has 7 nitrogen and oxygen atoms in total. The Balaban J connectivity index is 1.97. The zero-order valence-corrected chi connectivity index (χ0v) is 11.5. The molecule has 1 aliphatic carbocycles. The van der Waals surface area contributed by atoms with Crippen molar-refractivity contribution in [1.29, 1.82) is 0 Å². The molecular formula is C14H17N5O2. The van der Waals surface area contributed by atoms with E-state index in [-0.39, 0.29) is 17.8 Å². The van der Waals surface area contributed by atoms with Gasteiger partial charge in [0.25, 0.3) is 5.69 Å². The molecule has 0 spiro atoms. The number of rotatable bonds is 3. The second-order valence-corrected chi connectivity index (χ2v) is 5.38. The summed E-state index contributed by atoms with van der Waals surface area (Å²) >= 11 is 0. The molecule has 0 radical (unpaired) electrons. The van der Waals surface area contributed by atoms with Crippen LogP contribution in [0.1, 0.15) is 25.7 Å². The first-order chi connectivity index (χ1) is 10.1. The van der Waals surface area contributed by atoms with Crippen LogP contribution >= 0.6 is 0 Å². The molecule has 1 aliphatic rings. The predicted octanol–water partition coefficient (Wildman–Crippen LogP) is 2.22. The Labute approximate surface area is 121 Å². The quantitative estimate of drug-likeness (QED) is 0.662. The summed E-state index contributed by atoms with van der Waals surface area (Å²) in [6, 6.07) is 4.83. The highest BCUT2D eigenvalue weighted by molar-refractivity contribution is 5.90. The van der Waals surface area contributed by atoms with E-state index < -0.39 is 4.92 Å². The van der Waals surface area contributed by atoms with Crippen molar-refractivity contribution < 1.29 is 4.92 Å². The molecule has 1 aromatic carbocycles. The van der Waals surface area contributed by atoms with Gasteiger partial charge in [-0.25, -0.2) is 9.97 Å². The molecule has 0 aliphatic heterocycles. The van der Waals surface area contributed by atoms with Gasteiger partial charge in [-0.05, 0) is 18.9 Å². The first kappa shape index (κ1) is 13.7. The molecular weight excluding hydrogens is 270 g/mol. The molecule has 110 valence electrons. The van der Waals surface area contributed by atoms with E-state index in [2.05, 4.69) is 15.3 Å². The highest BCUT2D eigenvalue weighted by atomic mass is 16.6. The van der Waals surface area contributed by atoms with Crippen LogP contribution in [0, 0.1) is 10.1 Å². The maximum absolute atomic E-state index is 10.9. The van der Waals surface area contributed by atoms with Crippen molar-refractivity contribution >= 4 is 22.4 Å². The van der Waals surface area contributed by atoms with E-state index in [0.29, 0.717) is 16.7 Å². The van der Waals surface area contributed by atoms with E-state index in [1.54, 1.807) is 6.07 Å². The van der Waals surface area contributed by atoms with Crippen LogP contribution in [0.3, 0.4) is 0 Å². The van der Waals surface area contributed by atoms with Crippen LogP contribution in [0.5, 0.6) is 0 Å². The summed E-state index contributed by atoms with van der Waals surface area (Å²) in [5, 5.41) is 14.9. The van der Waals surface area contributed by atoms with Gasteiger partial charge in [-0.2, -0.15) is 0 Å². The van der Waals surface area contributed by atoms with E-state index in [1.807, 2.05) is 0 Å². The second kappa shape index (κ2) is 5.61. The number of nitrogens with two attached hydrogens (primary N) is 1. The summed E-state index contributed by atoms with van der Waals surface area (Å²) in [7, 11) is 0. The summed E-state index contributed by atoms with van der Waals surface area (Å²) in [6.45, 7) is 0. The minimum absolute atomic E-state index is 0.0355. The van der Waals surface area contributed by atoms with Gasteiger partial charge in [0.2, 0.25) is 0 Å². The Morgan fingerprint density at radius 2 is 2.10 bits per heavy atom. The number of nitro benzene ring substituents is 1. The Bertz CT molecular complexity index is 675. The summed E-state index contributed by atoms with van der Waals surface area (Å²) < 4.78 is 0. The van der Waals surface area contributed by atoms with E-state index in [9.17, 15) is 10.1 Å². The van der Waals surface area contributed by atoms with Crippen LogP contribution in [0.4, 0.5) is 11.5 Å². The van der Waals surface area contributed by atoms with E-state index in [4.69, 9.17) is 5.73 Å².